The molecule has 1 aliphatic heterocycles. The van der Waals surface area contributed by atoms with E-state index in [4.69, 9.17) is 5.73 Å². The highest BCUT2D eigenvalue weighted by atomic mass is 16.2. The average Bonchev–Trinajstić information content (AvgIpc) is 2.78. The third-order valence-electron chi connectivity index (χ3n) is 2.70. The Morgan fingerprint density at radius 2 is 1.95 bits per heavy atom. The maximum absolute atomic E-state index is 11.7. The van der Waals surface area contributed by atoms with Crippen LogP contribution >= 0.6 is 0 Å². The van der Waals surface area contributed by atoms with Crippen LogP contribution in [-0.2, 0) is 20.9 Å². The van der Waals surface area contributed by atoms with Crippen LogP contribution in [0.5, 0.6) is 0 Å². The SMILES string of the molecule is NC(=O)/C(=N\NC(=O)C[n+]1ccccc1)[C@H]1NC(=O)NC1=O. The van der Waals surface area contributed by atoms with Gasteiger partial charge >= 0.3 is 11.9 Å². The minimum absolute atomic E-state index is 0.0421. The second-order valence-electron chi connectivity index (χ2n) is 4.34. The fraction of sp³-hybridized carbons (Fsp3) is 0.167. The number of hydrazone groups is 1. The van der Waals surface area contributed by atoms with E-state index in [1.165, 1.54) is 0 Å². The molecule has 0 radical (unpaired) electrons. The maximum atomic E-state index is 11.7. The van der Waals surface area contributed by atoms with E-state index >= 15 is 0 Å². The van der Waals surface area contributed by atoms with Crippen LogP contribution in [0.25, 0.3) is 0 Å². The van der Waals surface area contributed by atoms with Crippen LogP contribution in [0.1, 0.15) is 0 Å². The molecule has 5 amide bonds. The van der Waals surface area contributed by atoms with Gasteiger partial charge in [0, 0.05) is 12.1 Å². The highest BCUT2D eigenvalue weighted by molar-refractivity contribution is 6.45. The molecule has 0 unspecified atom stereocenters. The molecule has 0 aromatic carbocycles. The number of amides is 5. The monoisotopic (exact) mass is 305 g/mol. The van der Waals surface area contributed by atoms with Gasteiger partial charge in [0.2, 0.25) is 6.54 Å². The lowest BCUT2D eigenvalue weighted by Gasteiger charge is -2.07. The van der Waals surface area contributed by atoms with Gasteiger partial charge in [-0.05, 0) is 0 Å². The fourth-order valence-electron chi connectivity index (χ4n) is 1.73. The van der Waals surface area contributed by atoms with Crippen molar-refractivity contribution in [2.45, 2.75) is 12.6 Å². The van der Waals surface area contributed by atoms with E-state index < -0.39 is 35.5 Å². The standard InChI is InChI=1S/C12H12N6O4/c13-10(20)8(9-11(21)15-12(22)14-9)17-16-7(19)6-18-4-2-1-3-5-18/h1-5,9H,6H2,(H4-,13,14,15,16,19,20,21,22)/p+1/t9-/m1/s1. The Morgan fingerprint density at radius 1 is 1.27 bits per heavy atom. The molecule has 0 saturated carbocycles. The van der Waals surface area contributed by atoms with Crippen LogP contribution in [0.3, 0.4) is 0 Å². The highest BCUT2D eigenvalue weighted by Gasteiger charge is 2.36. The first kappa shape index (κ1) is 15.1. The summed E-state index contributed by atoms with van der Waals surface area (Å²) in [7, 11) is 0. The summed E-state index contributed by atoms with van der Waals surface area (Å²) in [6.45, 7) is -0.0421. The van der Waals surface area contributed by atoms with Crippen LogP contribution in [0.15, 0.2) is 35.7 Å². The number of imide groups is 1. The Balaban J connectivity index is 2.05. The van der Waals surface area contributed by atoms with E-state index in [1.54, 1.807) is 35.2 Å². The first-order valence-electron chi connectivity index (χ1n) is 6.19. The van der Waals surface area contributed by atoms with Crippen molar-refractivity contribution in [3.05, 3.63) is 30.6 Å². The van der Waals surface area contributed by atoms with Gasteiger partial charge < -0.3 is 11.1 Å². The minimum Gasteiger partial charge on any atom is -0.364 e. The summed E-state index contributed by atoms with van der Waals surface area (Å²) in [4.78, 5) is 45.5. The Hall–Kier alpha value is -3.30. The summed E-state index contributed by atoms with van der Waals surface area (Å²) < 4.78 is 1.58. The molecule has 0 bridgehead atoms. The van der Waals surface area contributed by atoms with E-state index in [9.17, 15) is 19.2 Å². The molecule has 114 valence electrons. The zero-order valence-electron chi connectivity index (χ0n) is 11.3. The van der Waals surface area contributed by atoms with Gasteiger partial charge in [-0.1, -0.05) is 6.07 Å². The quantitative estimate of drug-likeness (QED) is 0.200. The molecular weight excluding hydrogens is 292 g/mol. The molecule has 1 fully saturated rings. The summed E-state index contributed by atoms with van der Waals surface area (Å²) in [5, 5.41) is 7.65. The summed E-state index contributed by atoms with van der Waals surface area (Å²) in [6, 6.07) is 3.18. The van der Waals surface area contributed by atoms with Crippen LogP contribution in [0.2, 0.25) is 0 Å². The Morgan fingerprint density at radius 3 is 2.50 bits per heavy atom. The summed E-state index contributed by atoms with van der Waals surface area (Å²) in [5.41, 5.74) is 6.76. The lowest BCUT2D eigenvalue weighted by molar-refractivity contribution is -0.684. The number of carbonyl (C=O) groups excluding carboxylic acids is 4. The first-order valence-corrected chi connectivity index (χ1v) is 6.19. The van der Waals surface area contributed by atoms with Crippen LogP contribution in [0.4, 0.5) is 4.79 Å². The Labute approximate surface area is 124 Å². The lowest BCUT2D eigenvalue weighted by Crippen LogP contribution is -2.47. The number of hydrogen-bond acceptors (Lipinski definition) is 5. The van der Waals surface area contributed by atoms with Gasteiger partial charge in [0.1, 0.15) is 0 Å². The molecule has 1 aromatic heterocycles. The number of rotatable bonds is 5. The molecule has 1 aromatic rings. The van der Waals surface area contributed by atoms with Gasteiger partial charge in [-0.25, -0.2) is 10.2 Å². The Bertz CT molecular complexity index is 657. The van der Waals surface area contributed by atoms with Crippen molar-refractivity contribution in [2.75, 3.05) is 0 Å². The van der Waals surface area contributed by atoms with Crippen molar-refractivity contribution in [3.63, 3.8) is 0 Å². The van der Waals surface area contributed by atoms with Gasteiger partial charge in [-0.3, -0.25) is 19.7 Å². The van der Waals surface area contributed by atoms with Crippen LogP contribution in [0, 0.1) is 0 Å². The van der Waals surface area contributed by atoms with Crippen molar-refractivity contribution in [1.29, 1.82) is 0 Å². The molecule has 5 N–H and O–H groups in total. The zero-order chi connectivity index (χ0) is 16.1. The molecule has 2 heterocycles. The second-order valence-corrected chi connectivity index (χ2v) is 4.34. The maximum Gasteiger partial charge on any atom is 0.322 e. The van der Waals surface area contributed by atoms with Gasteiger partial charge in [0.05, 0.1) is 0 Å². The molecule has 0 spiro atoms. The van der Waals surface area contributed by atoms with Crippen molar-refractivity contribution in [2.24, 2.45) is 10.8 Å². The molecule has 10 nitrogen and oxygen atoms in total. The van der Waals surface area contributed by atoms with Gasteiger partial charge in [-0.2, -0.15) is 9.67 Å². The van der Waals surface area contributed by atoms with E-state index in [0.717, 1.165) is 0 Å². The van der Waals surface area contributed by atoms with E-state index in [0.29, 0.717) is 0 Å². The van der Waals surface area contributed by atoms with Crippen LogP contribution < -0.4 is 26.4 Å². The Kier molecular flexibility index (Phi) is 4.41. The van der Waals surface area contributed by atoms with E-state index in [-0.39, 0.29) is 6.54 Å². The average molecular weight is 305 g/mol. The zero-order valence-corrected chi connectivity index (χ0v) is 11.3. The van der Waals surface area contributed by atoms with E-state index in [2.05, 4.69) is 15.8 Å². The highest BCUT2D eigenvalue weighted by Crippen LogP contribution is 1.96. The van der Waals surface area contributed by atoms with Crippen molar-refractivity contribution >= 4 is 29.5 Å². The fourth-order valence-corrected chi connectivity index (χ4v) is 1.73. The van der Waals surface area contributed by atoms with Gasteiger partial charge in [0.25, 0.3) is 11.8 Å². The predicted molar refractivity (Wildman–Crippen MR) is 71.9 cm³/mol. The number of nitrogens with one attached hydrogen (secondary N) is 3. The smallest absolute Gasteiger partial charge is 0.322 e. The lowest BCUT2D eigenvalue weighted by atomic mass is 10.1. The molecule has 10 heteroatoms. The predicted octanol–water partition coefficient (Wildman–Crippen LogP) is -2.86. The van der Waals surface area contributed by atoms with Crippen LogP contribution in [-0.4, -0.2) is 35.5 Å². The number of carbonyl (C=O) groups is 4. The summed E-state index contributed by atoms with van der Waals surface area (Å²) >= 11 is 0. The first-order chi connectivity index (χ1) is 10.5. The number of urea groups is 1. The molecule has 1 aliphatic rings. The molecule has 22 heavy (non-hydrogen) atoms. The number of nitrogens with zero attached hydrogens (tertiary/aromatic N) is 2. The largest absolute Gasteiger partial charge is 0.364 e. The number of nitrogens with two attached hydrogens (primary N) is 1. The van der Waals surface area contributed by atoms with Gasteiger partial charge in [0.15, 0.2) is 24.1 Å². The molecule has 2 rings (SSSR count). The second kappa shape index (κ2) is 6.43. The summed E-state index contributed by atoms with van der Waals surface area (Å²) in [5.74, 6) is -2.33. The normalized spacial score (nSPS) is 17.6. The molecular formula is C12H13N6O4+. The number of primary amides is 1. The number of aromatic nitrogens is 1. The third kappa shape index (κ3) is 3.62. The topological polar surface area (TPSA) is 147 Å². The van der Waals surface area contributed by atoms with Crippen molar-refractivity contribution in [3.8, 4) is 0 Å². The van der Waals surface area contributed by atoms with Crippen molar-refractivity contribution < 1.29 is 23.7 Å². The van der Waals surface area contributed by atoms with Crippen molar-refractivity contribution in [1.82, 2.24) is 16.1 Å². The minimum atomic E-state index is -1.32. The molecule has 0 aliphatic carbocycles. The van der Waals surface area contributed by atoms with E-state index in [1.807, 2.05) is 5.32 Å². The molecule has 1 saturated heterocycles. The summed E-state index contributed by atoms with van der Waals surface area (Å²) in [6.07, 6.45) is 3.34. The van der Waals surface area contributed by atoms with Gasteiger partial charge in [-0.15, -0.1) is 0 Å². The third-order valence-corrected chi connectivity index (χ3v) is 2.70. The number of pyridine rings is 1. The number of hydrogen-bond donors (Lipinski definition) is 4. The molecule has 1 atom stereocenters.